The number of carboxylic acids is 1. The maximum absolute atomic E-state index is 12.7. The fourth-order valence-corrected chi connectivity index (χ4v) is 7.17. The van der Waals surface area contributed by atoms with Gasteiger partial charge in [-0.1, -0.05) is 0 Å². The minimum atomic E-state index is -5.08. The lowest BCUT2D eigenvalue weighted by molar-refractivity contribution is -0.192. The lowest BCUT2D eigenvalue weighted by Gasteiger charge is -2.56. The van der Waals surface area contributed by atoms with E-state index in [9.17, 15) is 22.8 Å². The van der Waals surface area contributed by atoms with Crippen molar-refractivity contribution in [2.45, 2.75) is 63.1 Å². The molecule has 5 fully saturated rings. The van der Waals surface area contributed by atoms with Gasteiger partial charge in [0.2, 0.25) is 0 Å². The molecule has 0 spiro atoms. The predicted octanol–water partition coefficient (Wildman–Crippen LogP) is 4.90. The first kappa shape index (κ1) is 29.8. The van der Waals surface area contributed by atoms with Gasteiger partial charge in [-0.15, -0.1) is 0 Å². The number of piperidine rings is 1. The number of nitrogens with one attached hydrogen (secondary N) is 3. The molecular weight excluding hydrogens is 527 g/mol. The van der Waals surface area contributed by atoms with Crippen LogP contribution in [0.25, 0.3) is 0 Å². The number of carboxylic acid groups (broad SMARTS) is 1. The van der Waals surface area contributed by atoms with Gasteiger partial charge in [-0.2, -0.15) is 13.2 Å². The van der Waals surface area contributed by atoms with Crippen LogP contribution in [0, 0.1) is 23.7 Å². The van der Waals surface area contributed by atoms with Gasteiger partial charge >= 0.3 is 24.2 Å². The Labute approximate surface area is 232 Å². The van der Waals surface area contributed by atoms with Gasteiger partial charge in [0.05, 0.1) is 0 Å². The molecule has 1 aromatic carbocycles. The zero-order chi connectivity index (χ0) is 29.1. The van der Waals surface area contributed by atoms with Crippen LogP contribution in [0.5, 0.6) is 0 Å². The summed E-state index contributed by atoms with van der Waals surface area (Å²) in [5.41, 5.74) is 1.98. The second kappa shape index (κ2) is 12.1. The molecule has 6 rings (SSSR count). The van der Waals surface area contributed by atoms with Crippen LogP contribution in [-0.2, 0) is 4.79 Å². The first-order valence-corrected chi connectivity index (χ1v) is 14.0. The molecule has 5 aliphatic rings. The Morgan fingerprint density at radius 2 is 1.48 bits per heavy atom. The Balaban J connectivity index is 0.000000470. The number of benzene rings is 1. The van der Waals surface area contributed by atoms with Crippen molar-refractivity contribution in [3.8, 4) is 0 Å². The molecule has 4 aliphatic carbocycles. The van der Waals surface area contributed by atoms with Gasteiger partial charge < -0.3 is 30.9 Å². The van der Waals surface area contributed by atoms with Gasteiger partial charge in [0.25, 0.3) is 0 Å². The molecule has 0 radical (unpaired) electrons. The maximum Gasteiger partial charge on any atom is 0.490 e. The van der Waals surface area contributed by atoms with Crippen LogP contribution >= 0.6 is 0 Å². The molecule has 40 heavy (non-hydrogen) atoms. The van der Waals surface area contributed by atoms with E-state index in [1.54, 1.807) is 0 Å². The summed E-state index contributed by atoms with van der Waals surface area (Å²) in [6, 6.07) is 7.85. The highest BCUT2D eigenvalue weighted by atomic mass is 19.4. The highest BCUT2D eigenvalue weighted by molar-refractivity contribution is 5.89. The number of anilines is 2. The van der Waals surface area contributed by atoms with E-state index in [2.05, 4.69) is 16.0 Å². The lowest BCUT2D eigenvalue weighted by Crippen LogP contribution is -2.61. The molecule has 1 aliphatic heterocycles. The number of rotatable bonds is 5. The summed E-state index contributed by atoms with van der Waals surface area (Å²) < 4.78 is 31.7. The standard InChI is InChI=1S/C26H39N5O2.C2HF3O2/c1-30(2)23-5-3-22(4-6-23)28-25(33)31-9-7-18(8-10-31)17-27-24(32)29-26-14-19-11-20(15-26)13-21(12-19)16-26;3-2(4,5)1(6)7/h3-6,18-21H,7-17H2,1-2H3,(H,28,33)(H2,27,29,32);(H,6,7). The molecular formula is C28H40F3N5O4. The molecule has 1 heterocycles. The minimum absolute atomic E-state index is 0.0123. The number of hydrogen-bond acceptors (Lipinski definition) is 4. The SMILES string of the molecule is CN(C)c1ccc(NC(=O)N2CCC(CNC(=O)NC34CC5CC(CC(C5)C3)C4)CC2)cc1.O=C(O)C(F)(F)F. The van der Waals surface area contributed by atoms with E-state index in [0.717, 1.165) is 55.1 Å². The van der Waals surface area contributed by atoms with E-state index in [4.69, 9.17) is 9.90 Å². The first-order valence-electron chi connectivity index (χ1n) is 14.0. The van der Waals surface area contributed by atoms with Gasteiger partial charge in [0.1, 0.15) is 0 Å². The normalized spacial score (nSPS) is 27.3. The van der Waals surface area contributed by atoms with Crippen molar-refractivity contribution in [2.75, 3.05) is 43.9 Å². The molecule has 0 aromatic heterocycles. The molecule has 0 atom stereocenters. The highest BCUT2D eigenvalue weighted by Crippen LogP contribution is 2.55. The fraction of sp³-hybridized carbons (Fsp3) is 0.679. The van der Waals surface area contributed by atoms with Crippen molar-refractivity contribution in [1.82, 2.24) is 15.5 Å². The maximum atomic E-state index is 12.7. The third-order valence-corrected chi connectivity index (χ3v) is 8.75. The summed E-state index contributed by atoms with van der Waals surface area (Å²) in [5, 5.41) is 16.7. The third-order valence-electron chi connectivity index (χ3n) is 8.75. The van der Waals surface area contributed by atoms with Crippen LogP contribution < -0.4 is 20.9 Å². The molecule has 9 nitrogen and oxygen atoms in total. The van der Waals surface area contributed by atoms with Gasteiger partial charge in [-0.25, -0.2) is 14.4 Å². The minimum Gasteiger partial charge on any atom is -0.475 e. The largest absolute Gasteiger partial charge is 0.490 e. The van der Waals surface area contributed by atoms with E-state index >= 15 is 0 Å². The molecule has 4 bridgehead atoms. The van der Waals surface area contributed by atoms with Crippen LogP contribution in [0.1, 0.15) is 51.4 Å². The molecule has 12 heteroatoms. The molecule has 0 unspecified atom stereocenters. The zero-order valence-electron chi connectivity index (χ0n) is 23.1. The van der Waals surface area contributed by atoms with Gasteiger partial charge in [0, 0.05) is 50.6 Å². The Hall–Kier alpha value is -3.18. The number of alkyl halides is 3. The quantitative estimate of drug-likeness (QED) is 0.404. The number of aliphatic carboxylic acids is 1. The van der Waals surface area contributed by atoms with Crippen molar-refractivity contribution < 1.29 is 32.7 Å². The predicted molar refractivity (Wildman–Crippen MR) is 145 cm³/mol. The number of nitrogens with zero attached hydrogens (tertiary/aromatic N) is 2. The highest BCUT2D eigenvalue weighted by Gasteiger charge is 2.51. The van der Waals surface area contributed by atoms with Gasteiger partial charge in [-0.05, 0) is 99.3 Å². The second-order valence-electron chi connectivity index (χ2n) is 12.1. The number of urea groups is 2. The van der Waals surface area contributed by atoms with Crippen molar-refractivity contribution in [3.63, 3.8) is 0 Å². The number of likely N-dealkylation sites (tertiary alicyclic amines) is 1. The van der Waals surface area contributed by atoms with E-state index in [1.165, 1.54) is 38.5 Å². The Kier molecular flexibility index (Phi) is 9.04. The summed E-state index contributed by atoms with van der Waals surface area (Å²) >= 11 is 0. The van der Waals surface area contributed by atoms with E-state index in [0.29, 0.717) is 12.5 Å². The summed E-state index contributed by atoms with van der Waals surface area (Å²) in [5.74, 6) is 0.164. The van der Waals surface area contributed by atoms with Crippen LogP contribution in [0.3, 0.4) is 0 Å². The monoisotopic (exact) mass is 567 g/mol. The van der Waals surface area contributed by atoms with Crippen molar-refractivity contribution in [3.05, 3.63) is 24.3 Å². The van der Waals surface area contributed by atoms with Crippen molar-refractivity contribution in [2.24, 2.45) is 23.7 Å². The molecule has 4 amide bonds. The van der Waals surface area contributed by atoms with Crippen molar-refractivity contribution in [1.29, 1.82) is 0 Å². The van der Waals surface area contributed by atoms with E-state index in [1.807, 2.05) is 48.2 Å². The smallest absolute Gasteiger partial charge is 0.475 e. The van der Waals surface area contributed by atoms with Crippen LogP contribution in [0.15, 0.2) is 24.3 Å². The van der Waals surface area contributed by atoms with E-state index < -0.39 is 12.1 Å². The van der Waals surface area contributed by atoms with Gasteiger partial charge in [-0.3, -0.25) is 0 Å². The topological polar surface area (TPSA) is 114 Å². The molecule has 1 aromatic rings. The average Bonchev–Trinajstić information content (AvgIpc) is 2.87. The Bertz CT molecular complexity index is 1020. The number of halogens is 3. The van der Waals surface area contributed by atoms with Crippen LogP contribution in [0.4, 0.5) is 34.1 Å². The lowest BCUT2D eigenvalue weighted by atomic mass is 9.53. The summed E-state index contributed by atoms with van der Waals surface area (Å²) in [6.45, 7) is 2.15. The second-order valence-corrected chi connectivity index (χ2v) is 12.1. The molecule has 4 N–H and O–H groups in total. The molecule has 1 saturated heterocycles. The van der Waals surface area contributed by atoms with E-state index in [-0.39, 0.29) is 17.6 Å². The Morgan fingerprint density at radius 1 is 0.975 bits per heavy atom. The number of carbonyl (C=O) groups is 3. The first-order chi connectivity index (χ1) is 18.8. The number of amides is 4. The van der Waals surface area contributed by atoms with Gasteiger partial charge in [0.15, 0.2) is 0 Å². The molecule has 222 valence electrons. The summed E-state index contributed by atoms with van der Waals surface area (Å²) in [6.07, 6.45) is 4.45. The fourth-order valence-electron chi connectivity index (χ4n) is 7.17. The number of carbonyl (C=O) groups excluding carboxylic acids is 2. The molecule has 4 saturated carbocycles. The average molecular weight is 568 g/mol. The van der Waals surface area contributed by atoms with Crippen molar-refractivity contribution >= 4 is 29.4 Å². The van der Waals surface area contributed by atoms with Crippen LogP contribution in [0.2, 0.25) is 0 Å². The Morgan fingerprint density at radius 3 is 1.93 bits per heavy atom. The summed E-state index contributed by atoms with van der Waals surface area (Å²) in [7, 11) is 4.00. The van der Waals surface area contributed by atoms with Crippen LogP contribution in [-0.4, -0.2) is 73.5 Å². The summed E-state index contributed by atoms with van der Waals surface area (Å²) in [4.78, 5) is 38.2. The number of hydrogen-bond donors (Lipinski definition) is 4. The third kappa shape index (κ3) is 7.72. The zero-order valence-corrected chi connectivity index (χ0v) is 23.1.